The number of piperazine rings is 1. The van der Waals surface area contributed by atoms with Crippen LogP contribution in [0.2, 0.25) is 0 Å². The fourth-order valence-electron chi connectivity index (χ4n) is 2.35. The van der Waals surface area contributed by atoms with E-state index < -0.39 is 0 Å². The normalized spacial score (nSPS) is 15.6. The highest BCUT2D eigenvalue weighted by molar-refractivity contribution is 5.81. The lowest BCUT2D eigenvalue weighted by molar-refractivity contribution is -0.134. The predicted molar refractivity (Wildman–Crippen MR) is 76.9 cm³/mol. The first-order chi connectivity index (χ1) is 10.1. The van der Waals surface area contributed by atoms with Gasteiger partial charge in [0, 0.05) is 26.2 Å². The van der Waals surface area contributed by atoms with Crippen molar-refractivity contribution in [2.75, 3.05) is 32.7 Å². The number of carbonyl (C=O) groups excluding carboxylic acids is 2. The van der Waals surface area contributed by atoms with Crippen LogP contribution < -0.4 is 5.32 Å². The molecule has 21 heavy (non-hydrogen) atoms. The van der Waals surface area contributed by atoms with E-state index in [0.29, 0.717) is 26.2 Å². The Balaban J connectivity index is 1.93. The fraction of sp³-hybridized carbons (Fsp3) is 0.467. The molecule has 2 amide bonds. The summed E-state index contributed by atoms with van der Waals surface area (Å²) in [7, 11) is 0. The standard InChI is InChI=1S/C15H20FN3O2/c1-2-19(9-12-4-3-5-13(16)8-12)15(21)11-18-7-6-17-14(20)10-18/h3-5,8H,2,6-7,9-11H2,1H3,(H,17,20). The molecule has 0 spiro atoms. The molecule has 6 heteroatoms. The Bertz CT molecular complexity index is 521. The Morgan fingerprint density at radius 1 is 1.48 bits per heavy atom. The second-order valence-electron chi connectivity index (χ2n) is 5.10. The highest BCUT2D eigenvalue weighted by Crippen LogP contribution is 2.08. The molecule has 1 N–H and O–H groups in total. The molecule has 0 saturated carbocycles. The molecule has 1 aliphatic heterocycles. The van der Waals surface area contributed by atoms with Crippen LogP contribution in [0.25, 0.3) is 0 Å². The number of likely N-dealkylation sites (N-methyl/N-ethyl adjacent to an activating group) is 1. The number of hydrogen-bond acceptors (Lipinski definition) is 3. The molecular formula is C15H20FN3O2. The number of halogens is 1. The number of benzene rings is 1. The third-order valence-electron chi connectivity index (χ3n) is 3.47. The summed E-state index contributed by atoms with van der Waals surface area (Å²) in [5.41, 5.74) is 0.765. The molecule has 1 aliphatic rings. The number of hydrogen-bond donors (Lipinski definition) is 1. The van der Waals surface area contributed by atoms with Crippen molar-refractivity contribution >= 4 is 11.8 Å². The minimum atomic E-state index is -0.302. The van der Waals surface area contributed by atoms with Gasteiger partial charge < -0.3 is 10.2 Å². The summed E-state index contributed by atoms with van der Waals surface area (Å²) in [6.07, 6.45) is 0. The summed E-state index contributed by atoms with van der Waals surface area (Å²) < 4.78 is 13.2. The fourth-order valence-corrected chi connectivity index (χ4v) is 2.35. The van der Waals surface area contributed by atoms with E-state index in [1.165, 1.54) is 12.1 Å². The van der Waals surface area contributed by atoms with Gasteiger partial charge in [0.05, 0.1) is 13.1 Å². The first-order valence-electron chi connectivity index (χ1n) is 7.09. The van der Waals surface area contributed by atoms with Crippen LogP contribution in [0.1, 0.15) is 12.5 Å². The van der Waals surface area contributed by atoms with Crippen LogP contribution in [0, 0.1) is 5.82 Å². The van der Waals surface area contributed by atoms with Crippen molar-refractivity contribution in [1.82, 2.24) is 15.1 Å². The van der Waals surface area contributed by atoms with E-state index in [9.17, 15) is 14.0 Å². The number of amides is 2. The number of rotatable bonds is 5. The minimum Gasteiger partial charge on any atom is -0.354 e. The third kappa shape index (κ3) is 4.53. The van der Waals surface area contributed by atoms with Gasteiger partial charge in [-0.25, -0.2) is 4.39 Å². The molecule has 114 valence electrons. The topological polar surface area (TPSA) is 52.7 Å². The Labute approximate surface area is 123 Å². The average molecular weight is 293 g/mol. The summed E-state index contributed by atoms with van der Waals surface area (Å²) in [5.74, 6) is -0.401. The van der Waals surface area contributed by atoms with Crippen LogP contribution in [-0.4, -0.2) is 54.3 Å². The first-order valence-corrected chi connectivity index (χ1v) is 7.09. The van der Waals surface area contributed by atoms with Gasteiger partial charge >= 0.3 is 0 Å². The summed E-state index contributed by atoms with van der Waals surface area (Å²) >= 11 is 0. The van der Waals surface area contributed by atoms with Crippen LogP contribution in [0.15, 0.2) is 24.3 Å². The maximum absolute atomic E-state index is 13.2. The van der Waals surface area contributed by atoms with Gasteiger partial charge in [0.2, 0.25) is 11.8 Å². The average Bonchev–Trinajstić information content (AvgIpc) is 2.44. The Kier molecular flexibility index (Phi) is 5.27. The number of carbonyl (C=O) groups is 2. The van der Waals surface area contributed by atoms with Crippen molar-refractivity contribution < 1.29 is 14.0 Å². The summed E-state index contributed by atoms with van der Waals surface area (Å²) in [6, 6.07) is 6.25. The van der Waals surface area contributed by atoms with Crippen molar-refractivity contribution in [3.63, 3.8) is 0 Å². The largest absolute Gasteiger partial charge is 0.354 e. The van der Waals surface area contributed by atoms with Gasteiger partial charge in [-0.05, 0) is 24.6 Å². The van der Waals surface area contributed by atoms with Gasteiger partial charge in [0.15, 0.2) is 0 Å². The molecule has 0 bridgehead atoms. The molecule has 5 nitrogen and oxygen atoms in total. The number of nitrogens with zero attached hydrogens (tertiary/aromatic N) is 2. The number of nitrogens with one attached hydrogen (secondary N) is 1. The smallest absolute Gasteiger partial charge is 0.237 e. The molecule has 1 aromatic rings. The van der Waals surface area contributed by atoms with Gasteiger partial charge in [0.1, 0.15) is 5.82 Å². The molecule has 1 saturated heterocycles. The molecule has 0 radical (unpaired) electrons. The van der Waals surface area contributed by atoms with E-state index in [1.54, 1.807) is 17.0 Å². The van der Waals surface area contributed by atoms with E-state index in [-0.39, 0.29) is 30.7 Å². The SMILES string of the molecule is CCN(Cc1cccc(F)c1)C(=O)CN1CCNC(=O)C1. The highest BCUT2D eigenvalue weighted by Gasteiger charge is 2.21. The molecule has 0 aliphatic carbocycles. The first kappa shape index (κ1) is 15.4. The van der Waals surface area contributed by atoms with E-state index in [4.69, 9.17) is 0 Å². The molecule has 1 heterocycles. The lowest BCUT2D eigenvalue weighted by atomic mass is 10.2. The van der Waals surface area contributed by atoms with Crippen molar-refractivity contribution in [2.24, 2.45) is 0 Å². The van der Waals surface area contributed by atoms with E-state index in [2.05, 4.69) is 5.32 Å². The van der Waals surface area contributed by atoms with Gasteiger partial charge in [-0.1, -0.05) is 12.1 Å². The van der Waals surface area contributed by atoms with E-state index in [0.717, 1.165) is 5.56 Å². The Morgan fingerprint density at radius 2 is 2.29 bits per heavy atom. The van der Waals surface area contributed by atoms with Crippen LogP contribution in [0.5, 0.6) is 0 Å². The van der Waals surface area contributed by atoms with Crippen LogP contribution in [0.3, 0.4) is 0 Å². The van der Waals surface area contributed by atoms with Gasteiger partial charge in [-0.15, -0.1) is 0 Å². The molecule has 0 unspecified atom stereocenters. The zero-order valence-electron chi connectivity index (χ0n) is 12.1. The molecule has 1 fully saturated rings. The lowest BCUT2D eigenvalue weighted by Crippen LogP contribution is -2.51. The molecule has 0 atom stereocenters. The summed E-state index contributed by atoms with van der Waals surface area (Å²) in [6.45, 7) is 4.54. The Hall–Kier alpha value is -1.95. The van der Waals surface area contributed by atoms with Gasteiger partial charge in [0.25, 0.3) is 0 Å². The maximum Gasteiger partial charge on any atom is 0.237 e. The third-order valence-corrected chi connectivity index (χ3v) is 3.47. The summed E-state index contributed by atoms with van der Waals surface area (Å²) in [5, 5.41) is 2.73. The van der Waals surface area contributed by atoms with Gasteiger partial charge in [-0.3, -0.25) is 14.5 Å². The van der Waals surface area contributed by atoms with Crippen molar-refractivity contribution in [1.29, 1.82) is 0 Å². The zero-order valence-corrected chi connectivity index (χ0v) is 12.1. The second kappa shape index (κ2) is 7.17. The Morgan fingerprint density at radius 3 is 2.95 bits per heavy atom. The van der Waals surface area contributed by atoms with E-state index >= 15 is 0 Å². The molecule has 2 rings (SSSR count). The van der Waals surface area contributed by atoms with Crippen molar-refractivity contribution in [3.05, 3.63) is 35.6 Å². The monoisotopic (exact) mass is 293 g/mol. The van der Waals surface area contributed by atoms with Crippen LogP contribution in [0.4, 0.5) is 4.39 Å². The summed E-state index contributed by atoms with van der Waals surface area (Å²) in [4.78, 5) is 27.1. The molecular weight excluding hydrogens is 273 g/mol. The van der Waals surface area contributed by atoms with Gasteiger partial charge in [-0.2, -0.15) is 0 Å². The molecule has 1 aromatic carbocycles. The molecule has 0 aromatic heterocycles. The second-order valence-corrected chi connectivity index (χ2v) is 5.10. The van der Waals surface area contributed by atoms with Crippen molar-refractivity contribution in [3.8, 4) is 0 Å². The maximum atomic E-state index is 13.2. The lowest BCUT2D eigenvalue weighted by Gasteiger charge is -2.29. The zero-order chi connectivity index (χ0) is 15.2. The van der Waals surface area contributed by atoms with Crippen LogP contribution in [-0.2, 0) is 16.1 Å². The quantitative estimate of drug-likeness (QED) is 0.865. The van der Waals surface area contributed by atoms with Crippen molar-refractivity contribution in [2.45, 2.75) is 13.5 Å². The highest BCUT2D eigenvalue weighted by atomic mass is 19.1. The predicted octanol–water partition coefficient (Wildman–Crippen LogP) is 0.606. The minimum absolute atomic E-state index is 0.0449. The van der Waals surface area contributed by atoms with E-state index in [1.807, 2.05) is 11.8 Å². The van der Waals surface area contributed by atoms with Crippen LogP contribution >= 0.6 is 0 Å².